The smallest absolute Gasteiger partial charge is 0.270 e. The second kappa shape index (κ2) is 7.11. The lowest BCUT2D eigenvalue weighted by atomic mass is 10.1. The van der Waals surface area contributed by atoms with Crippen molar-refractivity contribution in [3.63, 3.8) is 0 Å². The lowest BCUT2D eigenvalue weighted by molar-refractivity contribution is 0.415. The van der Waals surface area contributed by atoms with E-state index in [-0.39, 0.29) is 12.1 Å². The highest BCUT2D eigenvalue weighted by atomic mass is 16.5. The Morgan fingerprint density at radius 1 is 1.39 bits per heavy atom. The number of nitrogens with zero attached hydrogens (tertiary/aromatic N) is 3. The molecule has 5 heteroatoms. The van der Waals surface area contributed by atoms with E-state index in [4.69, 9.17) is 16.4 Å². The molecule has 0 bridgehead atoms. The van der Waals surface area contributed by atoms with E-state index in [2.05, 4.69) is 10.9 Å². The van der Waals surface area contributed by atoms with Crippen LogP contribution in [0.3, 0.4) is 0 Å². The summed E-state index contributed by atoms with van der Waals surface area (Å²) in [5, 5.41) is 9.08. The number of ether oxygens (including phenoxy) is 1. The number of hydrogen-bond acceptors (Lipinski definition) is 4. The average molecular weight is 305 g/mol. The van der Waals surface area contributed by atoms with Gasteiger partial charge in [-0.2, -0.15) is 5.26 Å². The Morgan fingerprint density at radius 3 is 2.65 bits per heavy atom. The number of rotatable bonds is 4. The van der Waals surface area contributed by atoms with Crippen LogP contribution in [0.25, 0.3) is 0 Å². The molecule has 0 aliphatic heterocycles. The summed E-state index contributed by atoms with van der Waals surface area (Å²) in [4.78, 5) is 16.6. The molecular weight excluding hydrogens is 290 g/mol. The van der Waals surface area contributed by atoms with E-state index in [0.717, 1.165) is 5.75 Å². The van der Waals surface area contributed by atoms with E-state index >= 15 is 0 Å². The summed E-state index contributed by atoms with van der Waals surface area (Å²) in [6.45, 7) is 1.79. The molecule has 1 aromatic heterocycles. The number of benzene rings is 1. The Hall–Kier alpha value is -3.31. The van der Waals surface area contributed by atoms with Crippen molar-refractivity contribution in [2.45, 2.75) is 13.5 Å². The zero-order chi connectivity index (χ0) is 16.8. The number of nitriles is 1. The molecular formula is C18H15N3O2. The van der Waals surface area contributed by atoms with Crippen molar-refractivity contribution in [1.29, 1.82) is 5.26 Å². The van der Waals surface area contributed by atoms with Crippen LogP contribution in [0.5, 0.6) is 5.75 Å². The summed E-state index contributed by atoms with van der Waals surface area (Å²) in [5.41, 5.74) is 1.57. The van der Waals surface area contributed by atoms with Crippen LogP contribution in [0.15, 0.2) is 40.1 Å². The largest absolute Gasteiger partial charge is 0.497 e. The number of aliphatic imine (C=N–C) groups is 1. The van der Waals surface area contributed by atoms with Gasteiger partial charge in [0.2, 0.25) is 0 Å². The molecule has 0 aliphatic rings. The highest BCUT2D eigenvalue weighted by molar-refractivity contribution is 5.80. The summed E-state index contributed by atoms with van der Waals surface area (Å²) in [6.07, 6.45) is 6.88. The van der Waals surface area contributed by atoms with E-state index < -0.39 is 5.56 Å². The Labute approximate surface area is 134 Å². The molecule has 2 rings (SSSR count). The third kappa shape index (κ3) is 3.48. The van der Waals surface area contributed by atoms with Gasteiger partial charge >= 0.3 is 0 Å². The molecule has 0 saturated carbocycles. The Morgan fingerprint density at radius 2 is 2.09 bits per heavy atom. The second-order valence-electron chi connectivity index (χ2n) is 4.79. The number of hydrogen-bond donors (Lipinski definition) is 0. The highest BCUT2D eigenvalue weighted by Crippen LogP contribution is 2.17. The van der Waals surface area contributed by atoms with Crippen LogP contribution in [0.2, 0.25) is 0 Å². The minimum atomic E-state index is -0.401. The maximum atomic E-state index is 12.3. The molecule has 1 aromatic carbocycles. The summed E-state index contributed by atoms with van der Waals surface area (Å²) in [7, 11) is 1.59. The van der Waals surface area contributed by atoms with Crippen LogP contribution in [-0.4, -0.2) is 17.9 Å². The average Bonchev–Trinajstić information content (AvgIpc) is 2.56. The number of terminal acetylenes is 1. The fourth-order valence-electron chi connectivity index (χ4n) is 2.10. The van der Waals surface area contributed by atoms with Gasteiger partial charge < -0.3 is 4.74 Å². The summed E-state index contributed by atoms with van der Waals surface area (Å²) < 4.78 is 6.45. The highest BCUT2D eigenvalue weighted by Gasteiger charge is 2.10. The van der Waals surface area contributed by atoms with Crippen molar-refractivity contribution in [2.75, 3.05) is 7.11 Å². The first kappa shape index (κ1) is 16.1. The minimum Gasteiger partial charge on any atom is -0.497 e. The van der Waals surface area contributed by atoms with Crippen LogP contribution in [0, 0.1) is 30.6 Å². The topological polar surface area (TPSA) is 67.4 Å². The van der Waals surface area contributed by atoms with Crippen LogP contribution in [-0.2, 0) is 6.54 Å². The lowest BCUT2D eigenvalue weighted by Gasteiger charge is -2.09. The Bertz CT molecular complexity index is 879. The molecule has 114 valence electrons. The molecule has 0 amide bonds. The number of aromatic nitrogens is 1. The maximum absolute atomic E-state index is 12.3. The van der Waals surface area contributed by atoms with Crippen LogP contribution < -0.4 is 10.3 Å². The van der Waals surface area contributed by atoms with E-state index in [1.54, 1.807) is 50.6 Å². The molecule has 2 aromatic rings. The molecule has 0 spiro atoms. The number of methoxy groups -OCH3 is 1. The van der Waals surface area contributed by atoms with Crippen molar-refractivity contribution >= 4 is 11.9 Å². The third-order valence-electron chi connectivity index (χ3n) is 3.31. The molecule has 5 nitrogen and oxygen atoms in total. The van der Waals surface area contributed by atoms with Crippen LogP contribution in [0.4, 0.5) is 5.69 Å². The minimum absolute atomic E-state index is 0.0811. The Kier molecular flexibility index (Phi) is 4.96. The van der Waals surface area contributed by atoms with E-state index in [0.29, 0.717) is 16.9 Å². The molecule has 0 atom stereocenters. The van der Waals surface area contributed by atoms with Gasteiger partial charge in [0.05, 0.1) is 31.3 Å². The van der Waals surface area contributed by atoms with E-state index in [1.807, 2.05) is 6.07 Å². The van der Waals surface area contributed by atoms with Gasteiger partial charge in [-0.25, -0.2) is 0 Å². The molecule has 1 heterocycles. The second-order valence-corrected chi connectivity index (χ2v) is 4.79. The van der Waals surface area contributed by atoms with Gasteiger partial charge in [-0.1, -0.05) is 5.92 Å². The van der Waals surface area contributed by atoms with Crippen LogP contribution in [0.1, 0.15) is 16.8 Å². The SMILES string of the molecule is C#CCn1c(C=Nc2ccc(OC)cc2)cc(C)c(C#N)c1=O. The van der Waals surface area contributed by atoms with Crippen molar-refractivity contribution in [3.8, 4) is 24.2 Å². The zero-order valence-electron chi connectivity index (χ0n) is 12.9. The standard InChI is InChI=1S/C18H15N3O2/c1-4-9-21-15(10-13(2)17(11-19)18(21)22)12-20-14-5-7-16(23-3)8-6-14/h1,5-8,10,12H,9H2,2-3H3. The van der Waals surface area contributed by atoms with Crippen molar-refractivity contribution in [2.24, 2.45) is 4.99 Å². The Balaban J connectivity index is 2.46. The first-order valence-corrected chi connectivity index (χ1v) is 6.86. The summed E-state index contributed by atoms with van der Waals surface area (Å²) in [5.74, 6) is 3.16. The third-order valence-corrected chi connectivity index (χ3v) is 3.31. The fourth-order valence-corrected chi connectivity index (χ4v) is 2.10. The summed E-state index contributed by atoms with van der Waals surface area (Å²) in [6, 6.07) is 10.8. The normalized spacial score (nSPS) is 10.3. The van der Waals surface area contributed by atoms with Crippen molar-refractivity contribution in [1.82, 2.24) is 4.57 Å². The first-order chi connectivity index (χ1) is 11.1. The van der Waals surface area contributed by atoms with Gasteiger partial charge in [0, 0.05) is 0 Å². The molecule has 0 radical (unpaired) electrons. The quantitative estimate of drug-likeness (QED) is 0.643. The first-order valence-electron chi connectivity index (χ1n) is 6.86. The number of pyridine rings is 1. The zero-order valence-corrected chi connectivity index (χ0v) is 12.9. The molecule has 0 saturated heterocycles. The van der Waals surface area contributed by atoms with Gasteiger partial charge in [0.1, 0.15) is 17.4 Å². The van der Waals surface area contributed by atoms with Crippen molar-refractivity contribution in [3.05, 3.63) is 57.5 Å². The summed E-state index contributed by atoms with van der Waals surface area (Å²) >= 11 is 0. The monoisotopic (exact) mass is 305 g/mol. The predicted octanol–water partition coefficient (Wildman–Crippen LogP) is 2.42. The van der Waals surface area contributed by atoms with Gasteiger partial charge in [-0.15, -0.1) is 6.42 Å². The molecule has 0 aliphatic carbocycles. The molecule has 0 unspecified atom stereocenters. The molecule has 23 heavy (non-hydrogen) atoms. The van der Waals surface area contributed by atoms with E-state index in [1.165, 1.54) is 4.57 Å². The van der Waals surface area contributed by atoms with Gasteiger partial charge in [0.25, 0.3) is 5.56 Å². The molecule has 0 fully saturated rings. The van der Waals surface area contributed by atoms with Crippen LogP contribution >= 0.6 is 0 Å². The fraction of sp³-hybridized carbons (Fsp3) is 0.167. The van der Waals surface area contributed by atoms with E-state index in [9.17, 15) is 4.79 Å². The lowest BCUT2D eigenvalue weighted by Crippen LogP contribution is -2.26. The number of aryl methyl sites for hydroxylation is 1. The van der Waals surface area contributed by atoms with Crippen molar-refractivity contribution < 1.29 is 4.74 Å². The van der Waals surface area contributed by atoms with Gasteiger partial charge in [-0.05, 0) is 42.8 Å². The maximum Gasteiger partial charge on any atom is 0.270 e. The van der Waals surface area contributed by atoms with Gasteiger partial charge in [0.15, 0.2) is 0 Å². The van der Waals surface area contributed by atoms with Gasteiger partial charge in [-0.3, -0.25) is 14.4 Å². The predicted molar refractivity (Wildman–Crippen MR) is 89.2 cm³/mol. The molecule has 0 N–H and O–H groups in total.